The lowest BCUT2D eigenvalue weighted by atomic mass is 10.2. The zero-order chi connectivity index (χ0) is 19.1. The van der Waals surface area contributed by atoms with Crippen LogP contribution in [0, 0.1) is 0 Å². The van der Waals surface area contributed by atoms with Crippen molar-refractivity contribution in [1.29, 1.82) is 0 Å². The minimum absolute atomic E-state index is 0.144. The summed E-state index contributed by atoms with van der Waals surface area (Å²) in [5.74, 6) is -3.02. The fourth-order valence-corrected chi connectivity index (χ4v) is 2.51. The van der Waals surface area contributed by atoms with Crippen LogP contribution in [0.15, 0.2) is 0 Å². The van der Waals surface area contributed by atoms with E-state index in [4.69, 9.17) is 5.73 Å². The molecule has 0 bridgehead atoms. The van der Waals surface area contributed by atoms with Crippen molar-refractivity contribution in [2.45, 2.75) is 52.0 Å². The number of carbonyl (C=O) groups is 3. The van der Waals surface area contributed by atoms with Crippen LogP contribution in [0.5, 0.6) is 0 Å². The Hall–Kier alpha value is -1.48. The van der Waals surface area contributed by atoms with Gasteiger partial charge in [0.1, 0.15) is 17.9 Å². The molecule has 0 fully saturated rings. The molecule has 3 atom stereocenters. The summed E-state index contributed by atoms with van der Waals surface area (Å²) in [6.45, 7) is 5.74. The van der Waals surface area contributed by atoms with Gasteiger partial charge in [-0.15, -0.1) is 0 Å². The third kappa shape index (κ3) is 6.96. The lowest BCUT2D eigenvalue weighted by Crippen LogP contribution is -2.54. The van der Waals surface area contributed by atoms with E-state index in [0.29, 0.717) is 6.42 Å². The quantitative estimate of drug-likeness (QED) is 0.317. The van der Waals surface area contributed by atoms with E-state index in [1.807, 2.05) is 0 Å². The van der Waals surface area contributed by atoms with Gasteiger partial charge in [0.25, 0.3) is 0 Å². The molecule has 11 heteroatoms. The number of nitrogens with zero attached hydrogens (tertiary/aromatic N) is 1. The molecule has 140 valence electrons. The molecule has 3 amide bonds. The number of amides is 3. The summed E-state index contributed by atoms with van der Waals surface area (Å²) in [5, 5.41) is 4.77. The lowest BCUT2D eigenvalue weighted by molar-refractivity contribution is -0.137. The highest BCUT2D eigenvalue weighted by atomic mass is 31.2. The summed E-state index contributed by atoms with van der Waals surface area (Å²) in [6.07, 6.45) is 0.500. The van der Waals surface area contributed by atoms with Gasteiger partial charge in [0.15, 0.2) is 0 Å². The van der Waals surface area contributed by atoms with Crippen molar-refractivity contribution < 1.29 is 28.7 Å². The number of nitrogens with two attached hydrogens (primary N) is 1. The Bertz CT molecular complexity index is 509. The molecule has 0 aliphatic heterocycles. The van der Waals surface area contributed by atoms with Gasteiger partial charge in [0.05, 0.1) is 6.54 Å². The normalized spacial score (nSPS) is 15.1. The fourth-order valence-electron chi connectivity index (χ4n) is 1.92. The van der Waals surface area contributed by atoms with Gasteiger partial charge in [-0.05, 0) is 27.2 Å². The molecule has 0 aliphatic rings. The summed E-state index contributed by atoms with van der Waals surface area (Å²) < 4.78 is 11.4. The third-order valence-electron chi connectivity index (χ3n) is 3.37. The van der Waals surface area contributed by atoms with Crippen LogP contribution < -0.4 is 16.4 Å². The van der Waals surface area contributed by atoms with Crippen molar-refractivity contribution in [2.75, 3.05) is 13.1 Å². The maximum atomic E-state index is 12.4. The molecule has 10 nitrogen and oxygen atoms in total. The maximum Gasteiger partial charge on any atom is 0.347 e. The van der Waals surface area contributed by atoms with Crippen LogP contribution in [-0.2, 0) is 18.9 Å². The molecule has 0 unspecified atom stereocenters. The van der Waals surface area contributed by atoms with Gasteiger partial charge in [-0.2, -0.15) is 0 Å². The number of hydrogen-bond donors (Lipinski definition) is 5. The summed E-state index contributed by atoms with van der Waals surface area (Å²) in [5.41, 5.74) is 5.14. The van der Waals surface area contributed by atoms with E-state index in [-0.39, 0.29) is 13.1 Å². The van der Waals surface area contributed by atoms with E-state index in [1.54, 1.807) is 6.92 Å². The van der Waals surface area contributed by atoms with Crippen LogP contribution in [0.2, 0.25) is 0 Å². The number of nitrogens with one attached hydrogen (secondary N) is 2. The van der Waals surface area contributed by atoms with Gasteiger partial charge in [-0.3, -0.25) is 18.9 Å². The van der Waals surface area contributed by atoms with Gasteiger partial charge in [-0.25, -0.2) is 0 Å². The molecule has 0 saturated heterocycles. The van der Waals surface area contributed by atoms with Crippen LogP contribution in [0.4, 0.5) is 0 Å². The van der Waals surface area contributed by atoms with Crippen LogP contribution >= 0.6 is 7.60 Å². The number of carbonyl (C=O) groups excluding carboxylic acids is 3. The molecule has 6 N–H and O–H groups in total. The Balaban J connectivity index is 4.96. The van der Waals surface area contributed by atoms with Crippen LogP contribution in [0.25, 0.3) is 0 Å². The zero-order valence-electron chi connectivity index (χ0n) is 14.4. The molecule has 0 radical (unpaired) electrons. The zero-order valence-corrected chi connectivity index (χ0v) is 15.2. The predicted molar refractivity (Wildman–Crippen MR) is 87.8 cm³/mol. The molecule has 0 rings (SSSR count). The molecule has 0 aromatic carbocycles. The van der Waals surface area contributed by atoms with Crippen molar-refractivity contribution >= 4 is 25.3 Å². The Kier molecular flexibility index (Phi) is 9.13. The highest BCUT2D eigenvalue weighted by Gasteiger charge is 2.35. The second-order valence-electron chi connectivity index (χ2n) is 5.48. The molecule has 0 saturated carbocycles. The van der Waals surface area contributed by atoms with E-state index in [9.17, 15) is 28.7 Å². The number of rotatable bonds is 9. The minimum atomic E-state index is -4.49. The highest BCUT2D eigenvalue weighted by Crippen LogP contribution is 2.42. The maximum absolute atomic E-state index is 12.4. The fraction of sp³-hybridized carbons (Fsp3) is 0.769. The first-order valence-corrected chi connectivity index (χ1v) is 9.29. The third-order valence-corrected chi connectivity index (χ3v) is 4.62. The lowest BCUT2D eigenvalue weighted by Gasteiger charge is -2.32. The average molecular weight is 366 g/mol. The number of hydrogen-bond acceptors (Lipinski definition) is 5. The first-order chi connectivity index (χ1) is 10.9. The second-order valence-corrected chi connectivity index (χ2v) is 7.40. The smallest absolute Gasteiger partial charge is 0.343 e. The summed E-state index contributed by atoms with van der Waals surface area (Å²) >= 11 is 0. The highest BCUT2D eigenvalue weighted by molar-refractivity contribution is 7.52. The molecule has 0 spiro atoms. The van der Waals surface area contributed by atoms with Crippen LogP contribution in [-0.4, -0.2) is 63.4 Å². The van der Waals surface area contributed by atoms with E-state index < -0.39 is 43.2 Å². The summed E-state index contributed by atoms with van der Waals surface area (Å²) in [4.78, 5) is 55.2. The van der Waals surface area contributed by atoms with E-state index in [0.717, 1.165) is 4.90 Å². The first kappa shape index (κ1) is 22.5. The monoisotopic (exact) mass is 366 g/mol. The Morgan fingerprint density at radius 1 is 1.12 bits per heavy atom. The standard InChI is InChI=1S/C13H27N4O6P/c1-5-6-17(10(4)24(21,22)23)13(20)9(3)16-12(19)8(2)15-11(18)7-14/h8-10H,5-7,14H2,1-4H3,(H,15,18)(H,16,19)(H2,21,22,23)/t8-,9-,10+/m0/s1. The predicted octanol–water partition coefficient (Wildman–Crippen LogP) is -1.28. The molecular formula is C13H27N4O6P. The molecule has 0 aliphatic carbocycles. The van der Waals surface area contributed by atoms with Crippen molar-refractivity contribution in [3.8, 4) is 0 Å². The van der Waals surface area contributed by atoms with Crippen LogP contribution in [0.3, 0.4) is 0 Å². The Labute approximate surface area is 141 Å². The van der Waals surface area contributed by atoms with Crippen molar-refractivity contribution in [3.05, 3.63) is 0 Å². The second kappa shape index (κ2) is 9.73. The van der Waals surface area contributed by atoms with Gasteiger partial charge in [0, 0.05) is 6.54 Å². The van der Waals surface area contributed by atoms with Crippen molar-refractivity contribution in [1.82, 2.24) is 15.5 Å². The molecule has 0 aromatic heterocycles. The Morgan fingerprint density at radius 2 is 1.67 bits per heavy atom. The Morgan fingerprint density at radius 3 is 2.08 bits per heavy atom. The minimum Gasteiger partial charge on any atom is -0.343 e. The van der Waals surface area contributed by atoms with E-state index in [2.05, 4.69) is 10.6 Å². The summed E-state index contributed by atoms with van der Waals surface area (Å²) in [7, 11) is -4.49. The average Bonchev–Trinajstić information content (AvgIpc) is 2.49. The first-order valence-electron chi connectivity index (χ1n) is 7.61. The van der Waals surface area contributed by atoms with Gasteiger partial charge >= 0.3 is 7.60 Å². The molecule has 24 heavy (non-hydrogen) atoms. The molecule has 0 heterocycles. The van der Waals surface area contributed by atoms with Crippen LogP contribution in [0.1, 0.15) is 34.1 Å². The van der Waals surface area contributed by atoms with Gasteiger partial charge in [0.2, 0.25) is 17.7 Å². The largest absolute Gasteiger partial charge is 0.347 e. The van der Waals surface area contributed by atoms with Gasteiger partial charge in [-0.1, -0.05) is 6.92 Å². The van der Waals surface area contributed by atoms with Gasteiger partial charge < -0.3 is 31.1 Å². The summed E-state index contributed by atoms with van der Waals surface area (Å²) in [6, 6.07) is -1.90. The topological polar surface area (TPSA) is 162 Å². The van der Waals surface area contributed by atoms with Crippen molar-refractivity contribution in [2.24, 2.45) is 5.73 Å². The van der Waals surface area contributed by atoms with E-state index >= 15 is 0 Å². The van der Waals surface area contributed by atoms with Crippen molar-refractivity contribution in [3.63, 3.8) is 0 Å². The van der Waals surface area contributed by atoms with E-state index in [1.165, 1.54) is 20.8 Å². The molecule has 0 aromatic rings. The SMILES string of the molecule is CCCN(C(=O)[C@H](C)NC(=O)[C@H](C)NC(=O)CN)[C@@H](C)P(=O)(O)O. The molecular weight excluding hydrogens is 339 g/mol.